The van der Waals surface area contributed by atoms with Gasteiger partial charge in [-0.2, -0.15) is 0 Å². The van der Waals surface area contributed by atoms with E-state index in [0.29, 0.717) is 19.8 Å². The lowest BCUT2D eigenvalue weighted by atomic mass is 10.1. The van der Waals surface area contributed by atoms with E-state index in [4.69, 9.17) is 4.74 Å². The van der Waals surface area contributed by atoms with Gasteiger partial charge in [-0.1, -0.05) is 28.1 Å². The Balaban J connectivity index is 2.02. The molecule has 2 aromatic carbocycles. The van der Waals surface area contributed by atoms with Gasteiger partial charge in [0.2, 0.25) is 0 Å². The Labute approximate surface area is 220 Å². The van der Waals surface area contributed by atoms with Crippen molar-refractivity contribution in [2.24, 2.45) is 0 Å². The molecule has 0 aliphatic carbocycles. The van der Waals surface area contributed by atoms with Crippen LogP contribution in [0.5, 0.6) is 5.75 Å². The first kappa shape index (κ1) is 23.2. The number of hydrogen-bond donors (Lipinski definition) is 2. The Morgan fingerprint density at radius 3 is 2.34 bits per heavy atom. The molecular formula is C19H11BrI3NO4S. The zero-order chi connectivity index (χ0) is 21.3. The molecule has 0 spiro atoms. The number of ether oxygens (including phenoxy) is 1. The van der Waals surface area contributed by atoms with E-state index in [9.17, 15) is 14.7 Å². The lowest BCUT2D eigenvalue weighted by Crippen LogP contribution is -2.17. The summed E-state index contributed by atoms with van der Waals surface area (Å²) in [5.74, 6) is -0.851. The van der Waals surface area contributed by atoms with Crippen LogP contribution in [-0.2, 0) is 0 Å². The minimum Gasteiger partial charge on any atom is -0.495 e. The second-order valence-corrected chi connectivity index (χ2v) is 10.9. The number of aromatic carboxylic acids is 1. The molecular weight excluding hydrogens is 799 g/mol. The minimum absolute atomic E-state index is 0.0770. The van der Waals surface area contributed by atoms with Crippen molar-refractivity contribution >= 4 is 113 Å². The van der Waals surface area contributed by atoms with Crippen molar-refractivity contribution in [3.05, 3.63) is 62.0 Å². The second kappa shape index (κ2) is 9.78. The fourth-order valence-corrected chi connectivity index (χ4v) is 8.19. The quantitative estimate of drug-likeness (QED) is 0.274. The number of methoxy groups -OCH3 is 1. The summed E-state index contributed by atoms with van der Waals surface area (Å²) in [5, 5.41) is 14.2. The van der Waals surface area contributed by atoms with Crippen LogP contribution in [0.2, 0.25) is 0 Å². The summed E-state index contributed by atoms with van der Waals surface area (Å²) in [6, 6.07) is 9.23. The number of carbonyl (C=O) groups is 2. The Bertz CT molecular complexity index is 1120. The van der Waals surface area contributed by atoms with Gasteiger partial charge >= 0.3 is 5.97 Å². The van der Waals surface area contributed by atoms with Crippen molar-refractivity contribution in [1.29, 1.82) is 0 Å². The number of halogens is 4. The number of benzene rings is 2. The number of carboxylic acids is 1. The minimum atomic E-state index is -1.09. The van der Waals surface area contributed by atoms with Gasteiger partial charge < -0.3 is 15.2 Å². The first-order valence-corrected chi connectivity index (χ1v) is 12.8. The number of thiophene rings is 1. The molecule has 1 amide bonds. The average Bonchev–Trinajstić information content (AvgIpc) is 3.06. The number of carboxylic acid groups (broad SMARTS) is 1. The van der Waals surface area contributed by atoms with Gasteiger partial charge in [0.1, 0.15) is 11.3 Å². The van der Waals surface area contributed by atoms with Crippen molar-refractivity contribution < 1.29 is 19.4 Å². The van der Waals surface area contributed by atoms with Crippen LogP contribution >= 0.6 is 95.0 Å². The van der Waals surface area contributed by atoms with Crippen molar-refractivity contribution in [3.63, 3.8) is 0 Å². The molecule has 10 heteroatoms. The SMILES string of the molecule is COc1c(I)cc(I)c(C(=O)Nc2csc(-c3ccc(Br)cc3)c2C(=O)O)c1I. The maximum atomic E-state index is 13.0. The second-order valence-electron chi connectivity index (χ2n) is 5.68. The molecule has 5 nitrogen and oxygen atoms in total. The first-order chi connectivity index (χ1) is 13.7. The van der Waals surface area contributed by atoms with Crippen LogP contribution in [0.15, 0.2) is 40.2 Å². The largest absolute Gasteiger partial charge is 0.495 e. The average molecular weight is 810 g/mol. The predicted molar refractivity (Wildman–Crippen MR) is 144 cm³/mol. The van der Waals surface area contributed by atoms with E-state index >= 15 is 0 Å². The predicted octanol–water partition coefficient (Wildman–Crippen LogP) is 6.95. The number of carbonyl (C=O) groups excluding carboxylic acids is 1. The van der Waals surface area contributed by atoms with Crippen molar-refractivity contribution in [2.75, 3.05) is 12.4 Å². The van der Waals surface area contributed by atoms with Gasteiger partial charge in [0.15, 0.2) is 0 Å². The molecule has 0 radical (unpaired) electrons. The molecule has 0 atom stereocenters. The number of nitrogens with one attached hydrogen (secondary N) is 1. The third kappa shape index (κ3) is 4.91. The van der Waals surface area contributed by atoms with Crippen LogP contribution in [0, 0.1) is 10.7 Å². The Kier molecular flexibility index (Phi) is 7.83. The van der Waals surface area contributed by atoms with Crippen molar-refractivity contribution in [2.45, 2.75) is 0 Å². The van der Waals surface area contributed by atoms with Crippen LogP contribution in [0.1, 0.15) is 20.7 Å². The van der Waals surface area contributed by atoms with Crippen molar-refractivity contribution in [1.82, 2.24) is 0 Å². The number of rotatable bonds is 5. The molecule has 0 bridgehead atoms. The highest BCUT2D eigenvalue weighted by molar-refractivity contribution is 14.1. The summed E-state index contributed by atoms with van der Waals surface area (Å²) in [7, 11) is 1.56. The molecule has 1 aromatic heterocycles. The van der Waals surface area contributed by atoms with Crippen LogP contribution in [0.4, 0.5) is 5.69 Å². The molecule has 3 aromatic rings. The molecule has 0 aliphatic rings. The molecule has 3 rings (SSSR count). The zero-order valence-corrected chi connectivity index (χ0v) is 23.4. The van der Waals surface area contributed by atoms with E-state index in [0.717, 1.165) is 17.2 Å². The maximum Gasteiger partial charge on any atom is 0.339 e. The third-order valence-electron chi connectivity index (χ3n) is 3.92. The van der Waals surface area contributed by atoms with Gasteiger partial charge in [-0.15, -0.1) is 11.3 Å². The monoisotopic (exact) mass is 809 g/mol. The summed E-state index contributed by atoms with van der Waals surface area (Å²) in [4.78, 5) is 25.6. The van der Waals surface area contributed by atoms with Gasteiger partial charge in [0, 0.05) is 13.4 Å². The van der Waals surface area contributed by atoms with E-state index in [2.05, 4.69) is 89.0 Å². The third-order valence-corrected chi connectivity index (χ3v) is 8.16. The van der Waals surface area contributed by atoms with Gasteiger partial charge in [-0.05, 0) is 91.5 Å². The van der Waals surface area contributed by atoms with Gasteiger partial charge in [-0.25, -0.2) is 4.79 Å². The van der Waals surface area contributed by atoms with Gasteiger partial charge in [0.05, 0.1) is 30.4 Å². The van der Waals surface area contributed by atoms with E-state index in [-0.39, 0.29) is 17.2 Å². The molecule has 1 heterocycles. The summed E-state index contributed by atoms with van der Waals surface area (Å²) in [5.41, 5.74) is 1.58. The highest BCUT2D eigenvalue weighted by Crippen LogP contribution is 2.38. The molecule has 29 heavy (non-hydrogen) atoms. The fraction of sp³-hybridized carbons (Fsp3) is 0.0526. The summed E-state index contributed by atoms with van der Waals surface area (Å²) < 4.78 is 8.65. The number of hydrogen-bond acceptors (Lipinski definition) is 4. The van der Waals surface area contributed by atoms with Crippen LogP contribution < -0.4 is 10.1 Å². The Morgan fingerprint density at radius 1 is 1.10 bits per heavy atom. The number of anilines is 1. The highest BCUT2D eigenvalue weighted by atomic mass is 127. The molecule has 0 aliphatic heterocycles. The van der Waals surface area contributed by atoms with E-state index in [1.807, 2.05) is 30.3 Å². The molecule has 0 saturated heterocycles. The summed E-state index contributed by atoms with van der Waals surface area (Å²) in [6.45, 7) is 0. The van der Waals surface area contributed by atoms with Crippen LogP contribution in [0.25, 0.3) is 10.4 Å². The smallest absolute Gasteiger partial charge is 0.339 e. The zero-order valence-electron chi connectivity index (χ0n) is 14.6. The van der Waals surface area contributed by atoms with Crippen LogP contribution in [-0.4, -0.2) is 24.1 Å². The molecule has 2 N–H and O–H groups in total. The molecule has 0 saturated carbocycles. The van der Waals surface area contributed by atoms with Gasteiger partial charge in [-0.3, -0.25) is 4.79 Å². The lowest BCUT2D eigenvalue weighted by Gasteiger charge is -2.13. The van der Waals surface area contributed by atoms with Crippen LogP contribution in [0.3, 0.4) is 0 Å². The molecule has 0 unspecified atom stereocenters. The van der Waals surface area contributed by atoms with E-state index < -0.39 is 5.97 Å². The Morgan fingerprint density at radius 2 is 1.76 bits per heavy atom. The lowest BCUT2D eigenvalue weighted by molar-refractivity contribution is 0.0699. The summed E-state index contributed by atoms with van der Waals surface area (Å²) >= 11 is 11.0. The van der Waals surface area contributed by atoms with Gasteiger partial charge in [0.25, 0.3) is 5.91 Å². The normalized spacial score (nSPS) is 10.7. The fourth-order valence-electron chi connectivity index (χ4n) is 2.63. The molecule has 150 valence electrons. The standard InChI is InChI=1S/C19H11BrI3NO4S/c1-28-16-11(22)6-10(21)13(15(16)23)18(25)24-12-7-29-17(14(12)19(26)27)8-2-4-9(20)5-3-8/h2-7H,1H3,(H,24,25)(H,26,27). The van der Waals surface area contributed by atoms with Crippen molar-refractivity contribution in [3.8, 4) is 16.2 Å². The molecule has 0 fully saturated rings. The Hall–Kier alpha value is -0.450. The topological polar surface area (TPSA) is 75.6 Å². The highest BCUT2D eigenvalue weighted by Gasteiger charge is 2.25. The number of amides is 1. The first-order valence-electron chi connectivity index (χ1n) is 7.88. The van der Waals surface area contributed by atoms with E-state index in [1.165, 1.54) is 11.3 Å². The maximum absolute atomic E-state index is 13.0. The van der Waals surface area contributed by atoms with E-state index in [1.54, 1.807) is 12.5 Å². The summed E-state index contributed by atoms with van der Waals surface area (Å²) in [6.07, 6.45) is 0.